The summed E-state index contributed by atoms with van der Waals surface area (Å²) in [5.74, 6) is 4.22. The lowest BCUT2D eigenvalue weighted by Crippen LogP contribution is -1.80. The van der Waals surface area contributed by atoms with Crippen LogP contribution in [0.1, 0.15) is 23.0 Å². The molecular formula is C17H15N3O2. The molecule has 0 N–H and O–H groups in total. The van der Waals surface area contributed by atoms with E-state index in [1.165, 1.54) is 0 Å². The van der Waals surface area contributed by atoms with Crippen LogP contribution in [0.25, 0.3) is 0 Å². The summed E-state index contributed by atoms with van der Waals surface area (Å²) < 4.78 is 10.8. The van der Waals surface area contributed by atoms with Gasteiger partial charge in [-0.05, 0) is 50.2 Å². The van der Waals surface area contributed by atoms with Crippen molar-refractivity contribution in [2.75, 3.05) is 0 Å². The van der Waals surface area contributed by atoms with E-state index in [0.29, 0.717) is 23.2 Å². The SMILES string of the molecule is Cc1ccc(C=Nc2cccc(/N=C/c3ccc(C)o3)n2)o1. The van der Waals surface area contributed by atoms with E-state index in [9.17, 15) is 0 Å². The second kappa shape index (κ2) is 6.22. The maximum atomic E-state index is 5.42. The predicted molar refractivity (Wildman–Crippen MR) is 85.6 cm³/mol. The first-order chi connectivity index (χ1) is 10.7. The Labute approximate surface area is 128 Å². The van der Waals surface area contributed by atoms with Gasteiger partial charge in [0.05, 0.1) is 12.4 Å². The fraction of sp³-hybridized carbons (Fsp3) is 0.118. The van der Waals surface area contributed by atoms with Gasteiger partial charge in [-0.2, -0.15) is 0 Å². The van der Waals surface area contributed by atoms with E-state index in [1.807, 2.05) is 56.3 Å². The summed E-state index contributed by atoms with van der Waals surface area (Å²) in [5.41, 5.74) is 0. The molecular weight excluding hydrogens is 278 g/mol. The highest BCUT2D eigenvalue weighted by Crippen LogP contribution is 2.15. The van der Waals surface area contributed by atoms with Gasteiger partial charge in [0, 0.05) is 0 Å². The Kier molecular flexibility index (Phi) is 3.96. The fourth-order valence-corrected chi connectivity index (χ4v) is 1.86. The fourth-order valence-electron chi connectivity index (χ4n) is 1.86. The molecule has 3 aromatic rings. The third-order valence-corrected chi connectivity index (χ3v) is 2.89. The van der Waals surface area contributed by atoms with Gasteiger partial charge in [-0.3, -0.25) is 0 Å². The zero-order valence-corrected chi connectivity index (χ0v) is 12.4. The number of pyridine rings is 1. The first-order valence-corrected chi connectivity index (χ1v) is 6.87. The summed E-state index contributed by atoms with van der Waals surface area (Å²) in [4.78, 5) is 12.9. The van der Waals surface area contributed by atoms with E-state index in [-0.39, 0.29) is 0 Å². The van der Waals surface area contributed by atoms with Gasteiger partial charge in [0.1, 0.15) is 23.0 Å². The third-order valence-electron chi connectivity index (χ3n) is 2.89. The molecule has 0 spiro atoms. The second-order valence-electron chi connectivity index (χ2n) is 4.77. The summed E-state index contributed by atoms with van der Waals surface area (Å²) >= 11 is 0. The minimum absolute atomic E-state index is 0.569. The first kappa shape index (κ1) is 14.0. The highest BCUT2D eigenvalue weighted by atomic mass is 16.3. The van der Waals surface area contributed by atoms with Crippen LogP contribution in [0.3, 0.4) is 0 Å². The molecule has 22 heavy (non-hydrogen) atoms. The minimum atomic E-state index is 0.569. The third kappa shape index (κ3) is 3.58. The maximum absolute atomic E-state index is 5.42. The van der Waals surface area contributed by atoms with Crippen LogP contribution in [0.4, 0.5) is 11.6 Å². The molecule has 0 radical (unpaired) electrons. The lowest BCUT2D eigenvalue weighted by Gasteiger charge is -1.95. The predicted octanol–water partition coefficient (Wildman–Crippen LogP) is 4.39. The van der Waals surface area contributed by atoms with Crippen molar-refractivity contribution >= 4 is 24.1 Å². The number of hydrogen-bond acceptors (Lipinski definition) is 5. The number of aromatic nitrogens is 1. The molecule has 3 heterocycles. The Hall–Kier alpha value is -2.95. The van der Waals surface area contributed by atoms with Crippen molar-refractivity contribution in [2.24, 2.45) is 9.98 Å². The van der Waals surface area contributed by atoms with Gasteiger partial charge >= 0.3 is 0 Å². The molecule has 0 aliphatic rings. The van der Waals surface area contributed by atoms with Crippen molar-refractivity contribution in [2.45, 2.75) is 13.8 Å². The maximum Gasteiger partial charge on any atom is 0.154 e. The summed E-state index contributed by atoms with van der Waals surface area (Å²) in [5, 5.41) is 0. The molecule has 3 rings (SSSR count). The normalized spacial score (nSPS) is 11.7. The average Bonchev–Trinajstić information content (AvgIpc) is 3.12. The Morgan fingerprint density at radius 2 is 1.27 bits per heavy atom. The molecule has 0 amide bonds. The zero-order valence-electron chi connectivity index (χ0n) is 12.4. The molecule has 5 nitrogen and oxygen atoms in total. The number of hydrogen-bond donors (Lipinski definition) is 0. The Morgan fingerprint density at radius 3 is 1.68 bits per heavy atom. The summed E-state index contributed by atoms with van der Waals surface area (Å²) in [6.07, 6.45) is 3.28. The van der Waals surface area contributed by atoms with E-state index in [1.54, 1.807) is 12.4 Å². The van der Waals surface area contributed by atoms with Crippen molar-refractivity contribution in [3.8, 4) is 0 Å². The van der Waals surface area contributed by atoms with Crippen LogP contribution < -0.4 is 0 Å². The first-order valence-electron chi connectivity index (χ1n) is 6.87. The highest BCUT2D eigenvalue weighted by molar-refractivity contribution is 5.79. The highest BCUT2D eigenvalue weighted by Gasteiger charge is 1.98. The van der Waals surface area contributed by atoms with Gasteiger partial charge in [-0.25, -0.2) is 15.0 Å². The Balaban J connectivity index is 1.74. The van der Waals surface area contributed by atoms with Crippen molar-refractivity contribution in [1.29, 1.82) is 0 Å². The smallest absolute Gasteiger partial charge is 0.154 e. The minimum Gasteiger partial charge on any atom is -0.460 e. The molecule has 0 aliphatic heterocycles. The van der Waals surface area contributed by atoms with Crippen LogP contribution in [0.2, 0.25) is 0 Å². The molecule has 0 atom stereocenters. The Morgan fingerprint density at radius 1 is 0.773 bits per heavy atom. The van der Waals surface area contributed by atoms with E-state index >= 15 is 0 Å². The second-order valence-corrected chi connectivity index (χ2v) is 4.77. The van der Waals surface area contributed by atoms with E-state index in [4.69, 9.17) is 8.83 Å². The van der Waals surface area contributed by atoms with Gasteiger partial charge in [0.15, 0.2) is 11.6 Å². The number of aryl methyl sites for hydroxylation is 2. The van der Waals surface area contributed by atoms with Gasteiger partial charge in [-0.15, -0.1) is 0 Å². The molecule has 0 fully saturated rings. The molecule has 0 aliphatic carbocycles. The largest absolute Gasteiger partial charge is 0.460 e. The molecule has 3 aromatic heterocycles. The molecule has 110 valence electrons. The molecule has 0 saturated carbocycles. The van der Waals surface area contributed by atoms with E-state index < -0.39 is 0 Å². The van der Waals surface area contributed by atoms with Crippen molar-refractivity contribution < 1.29 is 8.83 Å². The van der Waals surface area contributed by atoms with Gasteiger partial charge < -0.3 is 8.83 Å². The lowest BCUT2D eigenvalue weighted by molar-refractivity contribution is 0.527. The standard InChI is InChI=1S/C17H15N3O2/c1-12-6-8-14(21-12)10-18-16-4-3-5-17(20-16)19-11-15-9-7-13(2)22-15/h3-11H,1-2H3/b18-10+,19-11?. The summed E-state index contributed by atoms with van der Waals surface area (Å²) in [7, 11) is 0. The average molecular weight is 293 g/mol. The molecule has 5 heteroatoms. The van der Waals surface area contributed by atoms with Crippen LogP contribution in [-0.2, 0) is 0 Å². The summed E-state index contributed by atoms with van der Waals surface area (Å²) in [6, 6.07) is 13.0. The van der Waals surface area contributed by atoms with Crippen LogP contribution >= 0.6 is 0 Å². The number of aliphatic imine (C=N–C) groups is 2. The van der Waals surface area contributed by atoms with Gasteiger partial charge in [0.2, 0.25) is 0 Å². The lowest BCUT2D eigenvalue weighted by atomic mass is 10.4. The monoisotopic (exact) mass is 293 g/mol. The Bertz CT molecular complexity index is 762. The van der Waals surface area contributed by atoms with Crippen LogP contribution in [-0.4, -0.2) is 17.4 Å². The van der Waals surface area contributed by atoms with E-state index in [0.717, 1.165) is 11.5 Å². The molecule has 0 aromatic carbocycles. The molecule has 0 saturated heterocycles. The number of nitrogens with zero attached hydrogens (tertiary/aromatic N) is 3. The number of furan rings is 2. The van der Waals surface area contributed by atoms with Gasteiger partial charge in [0.25, 0.3) is 0 Å². The van der Waals surface area contributed by atoms with E-state index in [2.05, 4.69) is 15.0 Å². The van der Waals surface area contributed by atoms with Crippen molar-refractivity contribution in [1.82, 2.24) is 4.98 Å². The molecule has 0 unspecified atom stereocenters. The molecule has 0 bridgehead atoms. The topological polar surface area (TPSA) is 63.9 Å². The van der Waals surface area contributed by atoms with Crippen molar-refractivity contribution in [3.05, 3.63) is 65.5 Å². The van der Waals surface area contributed by atoms with Gasteiger partial charge in [-0.1, -0.05) is 6.07 Å². The van der Waals surface area contributed by atoms with Crippen LogP contribution in [0.15, 0.2) is 61.3 Å². The van der Waals surface area contributed by atoms with Crippen molar-refractivity contribution in [3.63, 3.8) is 0 Å². The van der Waals surface area contributed by atoms with Crippen LogP contribution in [0.5, 0.6) is 0 Å². The zero-order chi connectivity index (χ0) is 15.4. The number of rotatable bonds is 4. The van der Waals surface area contributed by atoms with Crippen LogP contribution in [0, 0.1) is 13.8 Å². The quantitative estimate of drug-likeness (QED) is 0.670. The summed E-state index contributed by atoms with van der Waals surface area (Å²) in [6.45, 7) is 3.78.